The number of hydrogen-bond donors (Lipinski definition) is 1. The number of unbranched alkanes of at least 4 members (excludes halogenated alkanes) is 42. The number of aliphatic hydroxyl groups excluding tert-OH is 1. The third-order valence-corrected chi connectivity index (χ3v) is 22.1. The highest BCUT2D eigenvalue weighted by Gasteiger charge is 2.19. The van der Waals surface area contributed by atoms with Crippen LogP contribution >= 0.6 is 0 Å². The summed E-state index contributed by atoms with van der Waals surface area (Å²) in [5.41, 5.74) is -0.0432. The second-order valence-electron chi connectivity index (χ2n) is 34.3. The molecule has 0 saturated heterocycles. The number of non-ortho nitro benzene ring substituents is 1. The molecular formula is C106H193N5O9. The van der Waals surface area contributed by atoms with Crippen molar-refractivity contribution in [2.75, 3.05) is 93.8 Å². The van der Waals surface area contributed by atoms with Gasteiger partial charge in [0, 0.05) is 51.4 Å². The van der Waals surface area contributed by atoms with Crippen LogP contribution in [0.1, 0.15) is 427 Å². The summed E-state index contributed by atoms with van der Waals surface area (Å²) in [5, 5.41) is 19.9. The molecule has 0 spiro atoms. The number of ether oxygens (including phenoxy) is 4. The molecule has 0 aliphatic carbocycles. The number of nitro benzene ring substituents is 1. The van der Waals surface area contributed by atoms with Crippen molar-refractivity contribution < 1.29 is 38.6 Å². The van der Waals surface area contributed by atoms with E-state index in [9.17, 15) is 19.7 Å². The summed E-state index contributed by atoms with van der Waals surface area (Å²) in [7, 11) is 8.42. The maximum Gasteiger partial charge on any atom is 0.514 e. The summed E-state index contributed by atoms with van der Waals surface area (Å²) in [6.45, 7) is 22.1. The number of nitrogens with zero attached hydrogens (tertiary/aromatic N) is 5. The molecule has 1 N–H and O–H groups in total. The molecule has 0 aromatic heterocycles. The van der Waals surface area contributed by atoms with Gasteiger partial charge < -0.3 is 33.9 Å². The first-order valence-corrected chi connectivity index (χ1v) is 50.3. The van der Waals surface area contributed by atoms with Crippen molar-refractivity contribution in [2.45, 2.75) is 439 Å². The largest absolute Gasteiger partial charge is 0.514 e. The number of carbonyl (C=O) groups is 2. The Labute approximate surface area is 742 Å². The van der Waals surface area contributed by atoms with Crippen molar-refractivity contribution in [2.24, 2.45) is 0 Å². The highest BCUT2D eigenvalue weighted by molar-refractivity contribution is 5.64. The lowest BCUT2D eigenvalue weighted by atomic mass is 10.0. The van der Waals surface area contributed by atoms with E-state index in [4.69, 9.17) is 24.1 Å². The van der Waals surface area contributed by atoms with Gasteiger partial charge in [-0.1, -0.05) is 331 Å². The highest BCUT2D eigenvalue weighted by atomic mass is 16.7. The number of carbonyl (C=O) groups excluding carboxylic acids is 2. The van der Waals surface area contributed by atoms with Gasteiger partial charge in [-0.15, -0.1) is 0 Å². The zero-order chi connectivity index (χ0) is 87.8. The SMILES string of the molecule is CCCCC/C=C\C/C=C\CCCCCCCCC(CCCCCCCC/C=C\C/C=C\CCCCC)OC(=O)OCCN(CCCCCC)CCN(C)C.CCCCC/C=C\C/C=C\CCCCCCCCC(CCCCCCCC/C=C\C/C=C\CCCCC)OC(=O)Oc1ccc([N+](=O)[O-])cc1.CCCCCCN(CCO)CCN(C)C. The molecule has 0 atom stereocenters. The minimum Gasteiger partial charge on any atom is -0.433 e. The van der Waals surface area contributed by atoms with Crippen molar-refractivity contribution in [1.82, 2.24) is 19.6 Å². The Bertz CT molecular complexity index is 2450. The van der Waals surface area contributed by atoms with E-state index in [1.165, 1.54) is 307 Å². The molecule has 696 valence electrons. The van der Waals surface area contributed by atoms with Gasteiger partial charge in [0.25, 0.3) is 5.69 Å². The molecule has 0 heterocycles. The van der Waals surface area contributed by atoms with Crippen LogP contribution in [0.5, 0.6) is 5.75 Å². The van der Waals surface area contributed by atoms with Crippen LogP contribution in [-0.4, -0.2) is 148 Å². The van der Waals surface area contributed by atoms with Crippen LogP contribution in [-0.2, 0) is 14.2 Å². The molecule has 0 bridgehead atoms. The molecule has 14 heteroatoms. The highest BCUT2D eigenvalue weighted by Crippen LogP contribution is 2.23. The topological polar surface area (TPSA) is 147 Å². The van der Waals surface area contributed by atoms with Gasteiger partial charge in [-0.25, -0.2) is 9.59 Å². The van der Waals surface area contributed by atoms with Crippen molar-refractivity contribution in [3.05, 3.63) is 132 Å². The van der Waals surface area contributed by atoms with E-state index < -0.39 is 17.2 Å². The van der Waals surface area contributed by atoms with E-state index in [0.717, 1.165) is 155 Å². The lowest BCUT2D eigenvalue weighted by Crippen LogP contribution is -2.35. The number of nitro groups is 1. The molecule has 0 fully saturated rings. The second kappa shape index (κ2) is 97.7. The first kappa shape index (κ1) is 117. The second-order valence-corrected chi connectivity index (χ2v) is 34.3. The summed E-state index contributed by atoms with van der Waals surface area (Å²) in [4.78, 5) is 45.1. The van der Waals surface area contributed by atoms with Crippen molar-refractivity contribution in [3.63, 3.8) is 0 Å². The Kier molecular flexibility index (Phi) is 95.2. The third-order valence-electron chi connectivity index (χ3n) is 22.1. The summed E-state index contributed by atoms with van der Waals surface area (Å²) >= 11 is 0. The third kappa shape index (κ3) is 92.1. The van der Waals surface area contributed by atoms with Gasteiger partial charge in [-0.3, -0.25) is 19.9 Å². The van der Waals surface area contributed by atoms with Crippen LogP contribution in [0.2, 0.25) is 0 Å². The van der Waals surface area contributed by atoms with Crippen LogP contribution in [0, 0.1) is 10.1 Å². The number of aliphatic hydroxyl groups is 1. The lowest BCUT2D eigenvalue weighted by molar-refractivity contribution is -0.384. The Morgan fingerprint density at radius 1 is 0.325 bits per heavy atom. The standard InChI is InChI=1S/C50H94N2O3.C44H71NO5.C12H28N2O/c1-6-9-12-15-17-19-21-23-25-27-29-31-33-35-37-39-42-49(43-40-38-36-34-32-30-28-26-24-22-20-18-16-13-10-7-2)55-50(53)54-48-47-52(46-45-51(4)5)44-41-14-11-8-3;1-3-5-7-9-11-13-15-17-19-21-23-25-27-29-31-33-35-42(49-44(46)50-43-39-37-41(38-40-43)45(47)48)36-34-32-30-28-26-24-22-20-18-16-14-12-10-8-6-4-2;1-4-5-6-7-8-14(11-12-15)10-9-13(2)3/h17-20,23-26,49H,6-16,21-22,27-48H2,1-5H3;11-14,17-20,37-40,42H,3-10,15-16,21-36H2,1-2H3;15H,4-12H2,1-3H3/b19-17-,20-18-,25-23-,26-24-;13-11-,14-12-,19-17-,20-18-;. The molecule has 1 aromatic rings. The summed E-state index contributed by atoms with van der Waals surface area (Å²) in [5.74, 6) is 0.252. The van der Waals surface area contributed by atoms with Crippen LogP contribution in [0.15, 0.2) is 121 Å². The number of allylic oxidation sites excluding steroid dienone is 16. The average Bonchev–Trinajstić information content (AvgIpc) is 0.885. The van der Waals surface area contributed by atoms with Crippen molar-refractivity contribution >= 4 is 18.0 Å². The number of benzene rings is 1. The minimum absolute atomic E-state index is 0.0250. The van der Waals surface area contributed by atoms with Gasteiger partial charge in [-0.2, -0.15) is 0 Å². The summed E-state index contributed by atoms with van der Waals surface area (Å²) in [6.07, 6.45) is 108. The average molecular weight is 1680 g/mol. The van der Waals surface area contributed by atoms with Crippen LogP contribution in [0.25, 0.3) is 0 Å². The lowest BCUT2D eigenvalue weighted by Gasteiger charge is -2.24. The first-order valence-electron chi connectivity index (χ1n) is 50.3. The maximum absolute atomic E-state index is 12.9. The molecular weight excluding hydrogens is 1490 g/mol. The molecule has 0 aliphatic heterocycles. The van der Waals surface area contributed by atoms with Crippen LogP contribution in [0.4, 0.5) is 15.3 Å². The first-order chi connectivity index (χ1) is 58.8. The van der Waals surface area contributed by atoms with Gasteiger partial charge >= 0.3 is 12.3 Å². The van der Waals surface area contributed by atoms with E-state index in [-0.39, 0.29) is 30.3 Å². The molecule has 1 aromatic carbocycles. The van der Waals surface area contributed by atoms with Gasteiger partial charge in [0.05, 0.1) is 11.5 Å². The van der Waals surface area contributed by atoms with Gasteiger partial charge in [-0.05, 0) is 246 Å². The quantitative estimate of drug-likeness (QED) is 0.0165. The number of likely N-dealkylation sites (N-methyl/N-ethyl adjacent to an activating group) is 2. The van der Waals surface area contributed by atoms with Crippen LogP contribution in [0.3, 0.4) is 0 Å². The molecule has 0 aliphatic rings. The summed E-state index contributed by atoms with van der Waals surface area (Å²) < 4.78 is 22.8. The Hall–Kier alpha value is -5.12. The molecule has 120 heavy (non-hydrogen) atoms. The zero-order valence-electron chi connectivity index (χ0n) is 80.1. The van der Waals surface area contributed by atoms with E-state index >= 15 is 0 Å². The molecule has 0 unspecified atom stereocenters. The molecule has 0 radical (unpaired) electrons. The minimum atomic E-state index is -0.732. The van der Waals surface area contributed by atoms with Gasteiger partial charge in [0.1, 0.15) is 24.6 Å². The predicted octanol–water partition coefficient (Wildman–Crippen LogP) is 31.7. The Morgan fingerprint density at radius 2 is 0.583 bits per heavy atom. The number of rotatable bonds is 85. The van der Waals surface area contributed by atoms with Gasteiger partial charge in [0.2, 0.25) is 0 Å². The normalized spacial score (nSPS) is 12.1. The molecule has 0 amide bonds. The fourth-order valence-electron chi connectivity index (χ4n) is 14.3. The van der Waals surface area contributed by atoms with Crippen LogP contribution < -0.4 is 4.74 Å². The Morgan fingerprint density at radius 3 is 0.867 bits per heavy atom. The molecule has 14 nitrogen and oxygen atoms in total. The van der Waals surface area contributed by atoms with E-state index in [1.807, 2.05) is 0 Å². The van der Waals surface area contributed by atoms with Gasteiger partial charge in [0.15, 0.2) is 0 Å². The summed E-state index contributed by atoms with van der Waals surface area (Å²) in [6, 6.07) is 5.52. The van der Waals surface area contributed by atoms with Crippen molar-refractivity contribution in [1.29, 1.82) is 0 Å². The predicted molar refractivity (Wildman–Crippen MR) is 521 cm³/mol. The van der Waals surface area contributed by atoms with E-state index in [2.05, 4.69) is 187 Å². The van der Waals surface area contributed by atoms with E-state index in [1.54, 1.807) is 0 Å². The van der Waals surface area contributed by atoms with Crippen molar-refractivity contribution in [3.8, 4) is 5.75 Å². The number of hydrogen-bond acceptors (Lipinski definition) is 13. The smallest absolute Gasteiger partial charge is 0.433 e. The molecule has 1 rings (SSSR count). The van der Waals surface area contributed by atoms with E-state index in [0.29, 0.717) is 6.61 Å². The monoisotopic (exact) mass is 1680 g/mol. The fourth-order valence-corrected chi connectivity index (χ4v) is 14.3. The zero-order valence-corrected chi connectivity index (χ0v) is 80.1. The fraction of sp³-hybridized carbons (Fsp3) is 0.774. The Balaban J connectivity index is 0. The molecule has 0 saturated carbocycles. The maximum atomic E-state index is 12.9.